The summed E-state index contributed by atoms with van der Waals surface area (Å²) in [5, 5.41) is 19.2. The van der Waals surface area contributed by atoms with Crippen LogP contribution in [0.25, 0.3) is 0 Å². The second kappa shape index (κ2) is 14.7. The predicted molar refractivity (Wildman–Crippen MR) is 142 cm³/mol. The number of methoxy groups -OCH3 is 1. The second-order valence-corrected chi connectivity index (χ2v) is 11.1. The van der Waals surface area contributed by atoms with Crippen molar-refractivity contribution in [1.82, 2.24) is 20.3 Å². The Hall–Kier alpha value is -2.99. The van der Waals surface area contributed by atoms with Crippen LogP contribution < -0.4 is 20.7 Å². The minimum atomic E-state index is -3.94. The number of aliphatic hydroxyl groups excluding tert-OH is 1. The molecule has 0 radical (unpaired) electrons. The first kappa shape index (κ1) is 30.2. The lowest BCUT2D eigenvalue weighted by Crippen LogP contribution is -2.53. The van der Waals surface area contributed by atoms with Gasteiger partial charge in [-0.25, -0.2) is 8.42 Å². The summed E-state index contributed by atoms with van der Waals surface area (Å²) >= 11 is 0. The van der Waals surface area contributed by atoms with Crippen LogP contribution in [-0.4, -0.2) is 82.1 Å². The Balaban J connectivity index is 2.25. The highest BCUT2D eigenvalue weighted by Gasteiger charge is 2.31. The molecule has 2 aromatic rings. The van der Waals surface area contributed by atoms with Gasteiger partial charge in [-0.15, -0.1) is 0 Å². The summed E-state index contributed by atoms with van der Waals surface area (Å²) < 4.78 is 33.3. The molecule has 0 bridgehead atoms. The van der Waals surface area contributed by atoms with Crippen LogP contribution in [0.1, 0.15) is 19.4 Å². The largest absolute Gasteiger partial charge is 0.497 e. The van der Waals surface area contributed by atoms with Crippen molar-refractivity contribution < 1.29 is 27.9 Å². The van der Waals surface area contributed by atoms with E-state index in [1.54, 1.807) is 19.2 Å². The highest BCUT2D eigenvalue weighted by molar-refractivity contribution is 7.89. The van der Waals surface area contributed by atoms with Crippen molar-refractivity contribution in [3.63, 3.8) is 0 Å². The minimum absolute atomic E-state index is 0.00947. The number of ether oxygens (including phenoxy) is 1. The lowest BCUT2D eigenvalue weighted by atomic mass is 10.0. The third kappa shape index (κ3) is 9.77. The van der Waals surface area contributed by atoms with Crippen molar-refractivity contribution in [2.75, 3.05) is 40.3 Å². The van der Waals surface area contributed by atoms with Gasteiger partial charge in [-0.1, -0.05) is 44.2 Å². The molecule has 2 atom stereocenters. The summed E-state index contributed by atoms with van der Waals surface area (Å²) in [6, 6.07) is 14.5. The predicted octanol–water partition coefficient (Wildman–Crippen LogP) is 0.766. The molecule has 4 N–H and O–H groups in total. The highest BCUT2D eigenvalue weighted by Crippen LogP contribution is 2.21. The van der Waals surface area contributed by atoms with Gasteiger partial charge in [-0.05, 0) is 49.2 Å². The molecule has 0 spiro atoms. The SMILES string of the molecule is CNCC(=O)NCC(=O)N[C@@H](Cc1ccccc1)[C@H](O)CN(CC(C)C)S(=O)(=O)c1ccc(OC)cc1. The van der Waals surface area contributed by atoms with Crippen molar-refractivity contribution in [2.24, 2.45) is 5.92 Å². The molecule has 11 heteroatoms. The highest BCUT2D eigenvalue weighted by atomic mass is 32.2. The molecule has 0 aliphatic carbocycles. The summed E-state index contributed by atoms with van der Waals surface area (Å²) in [7, 11) is -0.820. The first-order valence-corrected chi connectivity index (χ1v) is 13.6. The Morgan fingerprint density at radius 2 is 1.62 bits per heavy atom. The van der Waals surface area contributed by atoms with Gasteiger partial charge >= 0.3 is 0 Å². The molecule has 2 aromatic carbocycles. The number of rotatable bonds is 15. The zero-order chi connectivity index (χ0) is 27.4. The van der Waals surface area contributed by atoms with E-state index in [1.165, 1.54) is 23.5 Å². The number of sulfonamides is 1. The van der Waals surface area contributed by atoms with E-state index >= 15 is 0 Å². The van der Waals surface area contributed by atoms with E-state index in [-0.39, 0.29) is 49.3 Å². The van der Waals surface area contributed by atoms with Crippen LogP contribution in [0.2, 0.25) is 0 Å². The molecule has 2 rings (SSSR count). The maximum atomic E-state index is 13.5. The van der Waals surface area contributed by atoms with Crippen molar-refractivity contribution in [2.45, 2.75) is 37.3 Å². The standard InChI is InChI=1S/C26H38N4O6S/c1-19(2)17-30(37(34,35)22-12-10-21(36-4)11-13-22)18-24(31)23(14-20-8-6-5-7-9-20)29-26(33)16-28-25(32)15-27-3/h5-13,19,23-24,27,31H,14-18H2,1-4H3,(H,28,32)(H,29,33)/t23-,24+/m0/s1. The molecule has 0 heterocycles. The van der Waals surface area contributed by atoms with Crippen molar-refractivity contribution in [3.05, 3.63) is 60.2 Å². The van der Waals surface area contributed by atoms with E-state index in [1.807, 2.05) is 44.2 Å². The third-order valence-electron chi connectivity index (χ3n) is 5.55. The molecule has 0 aliphatic rings. The number of amides is 2. The molecule has 0 saturated carbocycles. The summed E-state index contributed by atoms with van der Waals surface area (Å²) in [6.45, 7) is 3.53. The molecule has 0 aromatic heterocycles. The van der Waals surface area contributed by atoms with Gasteiger partial charge < -0.3 is 25.8 Å². The van der Waals surface area contributed by atoms with Gasteiger partial charge in [0.15, 0.2) is 0 Å². The number of carbonyl (C=O) groups is 2. The first-order chi connectivity index (χ1) is 17.6. The fraction of sp³-hybridized carbons (Fsp3) is 0.462. The van der Waals surface area contributed by atoms with Gasteiger partial charge in [0.05, 0.1) is 37.2 Å². The topological polar surface area (TPSA) is 137 Å². The molecule has 204 valence electrons. The van der Waals surface area contributed by atoms with E-state index in [0.717, 1.165) is 5.56 Å². The maximum Gasteiger partial charge on any atom is 0.243 e. The van der Waals surface area contributed by atoms with Crippen LogP contribution in [0.15, 0.2) is 59.5 Å². The molecule has 10 nitrogen and oxygen atoms in total. The molecule has 0 saturated heterocycles. The number of hydrogen-bond acceptors (Lipinski definition) is 7. The fourth-order valence-electron chi connectivity index (χ4n) is 3.72. The van der Waals surface area contributed by atoms with Crippen molar-refractivity contribution in [1.29, 1.82) is 0 Å². The Morgan fingerprint density at radius 1 is 0.973 bits per heavy atom. The molecular formula is C26H38N4O6S. The lowest BCUT2D eigenvalue weighted by Gasteiger charge is -2.31. The monoisotopic (exact) mass is 534 g/mol. The van der Waals surface area contributed by atoms with E-state index < -0.39 is 28.1 Å². The Bertz CT molecular complexity index is 1090. The summed E-state index contributed by atoms with van der Waals surface area (Å²) in [5.41, 5.74) is 0.861. The zero-order valence-electron chi connectivity index (χ0n) is 21.8. The van der Waals surface area contributed by atoms with Gasteiger partial charge in [0.1, 0.15) is 5.75 Å². The Kier molecular flexibility index (Phi) is 12.0. The molecule has 37 heavy (non-hydrogen) atoms. The number of carbonyl (C=O) groups excluding carboxylic acids is 2. The first-order valence-electron chi connectivity index (χ1n) is 12.1. The van der Waals surface area contributed by atoms with Crippen LogP contribution in [0, 0.1) is 5.92 Å². The normalized spacial score (nSPS) is 13.3. The molecule has 2 amide bonds. The van der Waals surface area contributed by atoms with Crippen LogP contribution in [0.5, 0.6) is 5.75 Å². The van der Waals surface area contributed by atoms with Crippen LogP contribution in [-0.2, 0) is 26.0 Å². The average Bonchev–Trinajstić information content (AvgIpc) is 2.87. The fourth-order valence-corrected chi connectivity index (χ4v) is 5.34. The molecular weight excluding hydrogens is 496 g/mol. The number of benzene rings is 2. The molecule has 0 aliphatic heterocycles. The van der Waals surface area contributed by atoms with Gasteiger partial charge in [0, 0.05) is 13.1 Å². The van der Waals surface area contributed by atoms with Gasteiger partial charge in [-0.3, -0.25) is 9.59 Å². The summed E-state index contributed by atoms with van der Waals surface area (Å²) in [4.78, 5) is 24.4. The van der Waals surface area contributed by atoms with E-state index in [9.17, 15) is 23.1 Å². The van der Waals surface area contributed by atoms with E-state index in [0.29, 0.717) is 5.75 Å². The second-order valence-electron chi connectivity index (χ2n) is 9.13. The molecule has 0 fully saturated rings. The molecule has 0 unspecified atom stereocenters. The zero-order valence-corrected chi connectivity index (χ0v) is 22.6. The van der Waals surface area contributed by atoms with Crippen LogP contribution in [0.3, 0.4) is 0 Å². The smallest absolute Gasteiger partial charge is 0.243 e. The summed E-state index contributed by atoms with van der Waals surface area (Å²) in [5.74, 6) is -0.309. The third-order valence-corrected chi connectivity index (χ3v) is 7.40. The van der Waals surface area contributed by atoms with Crippen molar-refractivity contribution in [3.8, 4) is 5.75 Å². The van der Waals surface area contributed by atoms with Gasteiger partial charge in [0.2, 0.25) is 21.8 Å². The Labute approximate surface area is 219 Å². The maximum absolute atomic E-state index is 13.5. The number of nitrogens with one attached hydrogen (secondary N) is 3. The van der Waals surface area contributed by atoms with Crippen molar-refractivity contribution >= 4 is 21.8 Å². The number of likely N-dealkylation sites (N-methyl/N-ethyl adjacent to an activating group) is 1. The summed E-state index contributed by atoms with van der Waals surface area (Å²) in [6.07, 6.45) is -0.944. The van der Waals surface area contributed by atoms with Crippen LogP contribution >= 0.6 is 0 Å². The number of nitrogens with zero attached hydrogens (tertiary/aromatic N) is 1. The van der Waals surface area contributed by atoms with E-state index in [2.05, 4.69) is 16.0 Å². The number of aliphatic hydroxyl groups is 1. The van der Waals surface area contributed by atoms with Crippen LogP contribution in [0.4, 0.5) is 0 Å². The minimum Gasteiger partial charge on any atom is -0.497 e. The number of hydrogen-bond donors (Lipinski definition) is 4. The quantitative estimate of drug-likeness (QED) is 0.265. The van der Waals surface area contributed by atoms with E-state index in [4.69, 9.17) is 4.74 Å². The lowest BCUT2D eigenvalue weighted by molar-refractivity contribution is -0.126. The average molecular weight is 535 g/mol. The van der Waals surface area contributed by atoms with Gasteiger partial charge in [-0.2, -0.15) is 4.31 Å². The Morgan fingerprint density at radius 3 is 2.19 bits per heavy atom. The van der Waals surface area contributed by atoms with Gasteiger partial charge in [0.25, 0.3) is 0 Å².